The Morgan fingerprint density at radius 2 is 2.14 bits per heavy atom. The van der Waals surface area contributed by atoms with Gasteiger partial charge in [-0.2, -0.15) is 0 Å². The molecule has 6 heteroatoms. The van der Waals surface area contributed by atoms with Gasteiger partial charge in [0.15, 0.2) is 0 Å². The van der Waals surface area contributed by atoms with E-state index in [1.807, 2.05) is 6.92 Å². The lowest BCUT2D eigenvalue weighted by atomic mass is 10.1. The molecule has 108 valence electrons. The second-order valence-corrected chi connectivity index (χ2v) is 5.18. The molecule has 0 fully saturated rings. The molecular weight excluding hydrogens is 268 g/mol. The Morgan fingerprint density at radius 3 is 2.90 bits per heavy atom. The van der Waals surface area contributed by atoms with Crippen LogP contribution < -0.4 is 10.6 Å². The zero-order valence-electron chi connectivity index (χ0n) is 11.7. The van der Waals surface area contributed by atoms with E-state index in [-0.39, 0.29) is 5.69 Å². The lowest BCUT2D eigenvalue weighted by Gasteiger charge is -2.09. The molecule has 0 amide bonds. The lowest BCUT2D eigenvalue weighted by molar-refractivity contribution is -0.385. The number of aryl methyl sites for hydroxylation is 1. The van der Waals surface area contributed by atoms with E-state index in [9.17, 15) is 10.1 Å². The van der Waals surface area contributed by atoms with Crippen LogP contribution in [-0.2, 0) is 19.6 Å². The van der Waals surface area contributed by atoms with Crippen molar-refractivity contribution in [1.29, 1.82) is 0 Å². The Labute approximate surface area is 122 Å². The predicted octanol–water partition coefficient (Wildman–Crippen LogP) is 2.51. The maximum absolute atomic E-state index is 10.7. The molecule has 0 saturated carbocycles. The molecule has 1 aromatic heterocycles. The minimum atomic E-state index is -0.433. The van der Waals surface area contributed by atoms with Crippen LogP contribution >= 0.6 is 0 Å². The van der Waals surface area contributed by atoms with Crippen LogP contribution in [0.15, 0.2) is 30.5 Å². The summed E-state index contributed by atoms with van der Waals surface area (Å²) in [6, 6.07) is 7.95. The number of benzene rings is 1. The maximum atomic E-state index is 10.7. The summed E-state index contributed by atoms with van der Waals surface area (Å²) in [6.45, 7) is 4.32. The Balaban J connectivity index is 1.71. The van der Waals surface area contributed by atoms with E-state index >= 15 is 0 Å². The van der Waals surface area contributed by atoms with Crippen molar-refractivity contribution < 1.29 is 4.92 Å². The number of hydrogen-bond acceptors (Lipinski definition) is 5. The first kappa shape index (κ1) is 13.5. The molecule has 0 unspecified atom stereocenters. The third-order valence-electron chi connectivity index (χ3n) is 3.64. The number of pyridine rings is 1. The van der Waals surface area contributed by atoms with Gasteiger partial charge in [0.25, 0.3) is 5.69 Å². The van der Waals surface area contributed by atoms with E-state index in [2.05, 4.69) is 33.8 Å². The summed E-state index contributed by atoms with van der Waals surface area (Å²) in [6.07, 6.45) is 1.28. The zero-order valence-corrected chi connectivity index (χ0v) is 11.7. The average molecular weight is 284 g/mol. The second kappa shape index (κ2) is 5.49. The van der Waals surface area contributed by atoms with Crippen molar-refractivity contribution in [2.75, 3.05) is 5.32 Å². The number of fused-ring (bicyclic) bond motifs is 1. The van der Waals surface area contributed by atoms with E-state index in [0.29, 0.717) is 12.4 Å². The standard InChI is InChI=1S/C15H16N4O2/c1-10-4-14(19(20)21)9-18-15(10)17-6-11-2-3-12-7-16-8-13(12)5-11/h2-5,9,16H,6-8H2,1H3,(H,17,18). The fourth-order valence-electron chi connectivity index (χ4n) is 2.49. The minimum Gasteiger partial charge on any atom is -0.366 e. The molecule has 0 aliphatic carbocycles. The van der Waals surface area contributed by atoms with Gasteiger partial charge in [0, 0.05) is 25.7 Å². The van der Waals surface area contributed by atoms with Crippen LogP contribution in [0.1, 0.15) is 22.3 Å². The van der Waals surface area contributed by atoms with Gasteiger partial charge in [-0.05, 0) is 29.2 Å². The highest BCUT2D eigenvalue weighted by atomic mass is 16.6. The average Bonchev–Trinajstić information content (AvgIpc) is 2.93. The molecule has 0 bridgehead atoms. The van der Waals surface area contributed by atoms with Gasteiger partial charge in [-0.1, -0.05) is 18.2 Å². The van der Waals surface area contributed by atoms with Crippen LogP contribution in [0.25, 0.3) is 0 Å². The highest BCUT2D eigenvalue weighted by Crippen LogP contribution is 2.20. The molecule has 0 saturated heterocycles. The second-order valence-electron chi connectivity index (χ2n) is 5.18. The third kappa shape index (κ3) is 2.85. The molecule has 6 nitrogen and oxygen atoms in total. The zero-order chi connectivity index (χ0) is 14.8. The molecule has 1 aromatic carbocycles. The molecule has 0 atom stereocenters. The topological polar surface area (TPSA) is 80.1 Å². The van der Waals surface area contributed by atoms with Crippen molar-refractivity contribution in [3.05, 3.63) is 62.8 Å². The number of nitrogens with zero attached hydrogens (tertiary/aromatic N) is 2. The Morgan fingerprint density at radius 1 is 1.33 bits per heavy atom. The van der Waals surface area contributed by atoms with Crippen molar-refractivity contribution in [2.45, 2.75) is 26.6 Å². The van der Waals surface area contributed by atoms with Crippen molar-refractivity contribution in [2.24, 2.45) is 0 Å². The Kier molecular flexibility index (Phi) is 3.53. The monoisotopic (exact) mass is 284 g/mol. The number of anilines is 1. The van der Waals surface area contributed by atoms with Gasteiger partial charge < -0.3 is 10.6 Å². The highest BCUT2D eigenvalue weighted by Gasteiger charge is 2.11. The Bertz CT molecular complexity index is 700. The summed E-state index contributed by atoms with van der Waals surface area (Å²) >= 11 is 0. The van der Waals surface area contributed by atoms with Gasteiger partial charge in [0.1, 0.15) is 12.0 Å². The molecule has 2 heterocycles. The number of hydrogen-bond donors (Lipinski definition) is 2. The van der Waals surface area contributed by atoms with Crippen LogP contribution in [0.5, 0.6) is 0 Å². The van der Waals surface area contributed by atoms with Crippen molar-refractivity contribution in [1.82, 2.24) is 10.3 Å². The predicted molar refractivity (Wildman–Crippen MR) is 79.9 cm³/mol. The summed E-state index contributed by atoms with van der Waals surface area (Å²) < 4.78 is 0. The lowest BCUT2D eigenvalue weighted by Crippen LogP contribution is -2.04. The van der Waals surface area contributed by atoms with Gasteiger partial charge >= 0.3 is 0 Å². The normalized spacial score (nSPS) is 13.0. The summed E-state index contributed by atoms with van der Waals surface area (Å²) in [5.74, 6) is 0.680. The van der Waals surface area contributed by atoms with E-state index in [1.54, 1.807) is 0 Å². The van der Waals surface area contributed by atoms with Gasteiger partial charge in [-0.3, -0.25) is 10.1 Å². The first-order valence-electron chi connectivity index (χ1n) is 6.80. The summed E-state index contributed by atoms with van der Waals surface area (Å²) in [7, 11) is 0. The van der Waals surface area contributed by atoms with Crippen LogP contribution in [0.3, 0.4) is 0 Å². The van der Waals surface area contributed by atoms with Crippen LogP contribution in [-0.4, -0.2) is 9.91 Å². The number of rotatable bonds is 4. The molecule has 0 spiro atoms. The molecule has 1 aliphatic rings. The van der Waals surface area contributed by atoms with Gasteiger partial charge in [0.05, 0.1) is 4.92 Å². The Hall–Kier alpha value is -2.47. The largest absolute Gasteiger partial charge is 0.366 e. The van der Waals surface area contributed by atoms with Crippen LogP contribution in [0, 0.1) is 17.0 Å². The van der Waals surface area contributed by atoms with Crippen molar-refractivity contribution >= 4 is 11.5 Å². The highest BCUT2D eigenvalue weighted by molar-refractivity contribution is 5.48. The molecule has 3 rings (SSSR count). The first-order chi connectivity index (χ1) is 10.1. The quantitative estimate of drug-likeness (QED) is 0.666. The third-order valence-corrected chi connectivity index (χ3v) is 3.64. The summed E-state index contributed by atoms with van der Waals surface area (Å²) in [5.41, 5.74) is 4.65. The molecule has 21 heavy (non-hydrogen) atoms. The number of nitrogens with one attached hydrogen (secondary N) is 2. The smallest absolute Gasteiger partial charge is 0.287 e. The van der Waals surface area contributed by atoms with E-state index in [0.717, 1.165) is 18.7 Å². The molecule has 2 N–H and O–H groups in total. The number of aromatic nitrogens is 1. The van der Waals surface area contributed by atoms with Gasteiger partial charge in [-0.25, -0.2) is 4.98 Å². The SMILES string of the molecule is Cc1cc([N+](=O)[O-])cnc1NCc1ccc2c(c1)CNC2. The number of nitro groups is 1. The molecule has 1 aliphatic heterocycles. The summed E-state index contributed by atoms with van der Waals surface area (Å²) in [5, 5.41) is 17.2. The minimum absolute atomic E-state index is 0.0154. The van der Waals surface area contributed by atoms with E-state index in [4.69, 9.17) is 0 Å². The van der Waals surface area contributed by atoms with Gasteiger partial charge in [0.2, 0.25) is 0 Å². The first-order valence-corrected chi connectivity index (χ1v) is 6.80. The van der Waals surface area contributed by atoms with E-state index < -0.39 is 4.92 Å². The molecule has 0 radical (unpaired) electrons. The maximum Gasteiger partial charge on any atom is 0.287 e. The van der Waals surface area contributed by atoms with E-state index in [1.165, 1.54) is 29.0 Å². The fraction of sp³-hybridized carbons (Fsp3) is 0.267. The fourth-order valence-corrected chi connectivity index (χ4v) is 2.49. The van der Waals surface area contributed by atoms with Crippen molar-refractivity contribution in [3.8, 4) is 0 Å². The molecule has 2 aromatic rings. The summed E-state index contributed by atoms with van der Waals surface area (Å²) in [4.78, 5) is 14.4. The van der Waals surface area contributed by atoms with Gasteiger partial charge in [-0.15, -0.1) is 0 Å². The van der Waals surface area contributed by atoms with Crippen LogP contribution in [0.2, 0.25) is 0 Å². The van der Waals surface area contributed by atoms with Crippen LogP contribution in [0.4, 0.5) is 11.5 Å². The van der Waals surface area contributed by atoms with Crippen molar-refractivity contribution in [3.63, 3.8) is 0 Å². The molecular formula is C15H16N4O2.